The second-order valence-corrected chi connectivity index (χ2v) is 5.36. The number of hydrogen-bond donors (Lipinski definition) is 1. The van der Waals surface area contributed by atoms with Crippen molar-refractivity contribution in [2.75, 3.05) is 5.75 Å². The number of carboxylic acids is 1. The van der Waals surface area contributed by atoms with Crippen LogP contribution in [0.4, 0.5) is 0 Å². The summed E-state index contributed by atoms with van der Waals surface area (Å²) in [6.45, 7) is 3.97. The predicted octanol–water partition coefficient (Wildman–Crippen LogP) is 1.68. The second-order valence-electron chi connectivity index (χ2n) is 4.00. The summed E-state index contributed by atoms with van der Waals surface area (Å²) in [4.78, 5) is 25.3. The average Bonchev–Trinajstić information content (AvgIpc) is 2.55. The van der Waals surface area contributed by atoms with Gasteiger partial charge < -0.3 is 10.0 Å². The average molecular weight is 241 g/mol. The van der Waals surface area contributed by atoms with Crippen LogP contribution in [0.15, 0.2) is 10.6 Å². The van der Waals surface area contributed by atoms with Crippen molar-refractivity contribution in [2.24, 2.45) is 5.92 Å². The lowest BCUT2D eigenvalue weighted by Gasteiger charge is -2.42. The zero-order valence-corrected chi connectivity index (χ0v) is 10.2. The van der Waals surface area contributed by atoms with E-state index in [-0.39, 0.29) is 23.6 Å². The molecule has 2 aliphatic heterocycles. The van der Waals surface area contributed by atoms with Crippen LogP contribution in [0, 0.1) is 5.92 Å². The number of thioether (sulfide) groups is 1. The van der Waals surface area contributed by atoms with Gasteiger partial charge in [-0.3, -0.25) is 4.79 Å². The van der Waals surface area contributed by atoms with Crippen molar-refractivity contribution in [3.05, 3.63) is 10.6 Å². The topological polar surface area (TPSA) is 57.6 Å². The normalized spacial score (nSPS) is 28.1. The van der Waals surface area contributed by atoms with Gasteiger partial charge in [0, 0.05) is 11.3 Å². The first kappa shape index (κ1) is 11.5. The molecule has 16 heavy (non-hydrogen) atoms. The molecule has 2 rings (SSSR count). The number of carboxylic acid groups (broad SMARTS) is 1. The van der Waals surface area contributed by atoms with Gasteiger partial charge in [-0.2, -0.15) is 0 Å². The minimum atomic E-state index is -0.971. The molecule has 0 bridgehead atoms. The molecule has 0 saturated carbocycles. The van der Waals surface area contributed by atoms with Crippen LogP contribution in [-0.2, 0) is 9.59 Å². The maximum Gasteiger partial charge on any atom is 0.353 e. The molecule has 0 aromatic rings. The Labute approximate surface area is 98.7 Å². The number of β-lactam (4-membered cyclic amide) rings is 1. The Morgan fingerprint density at radius 3 is 2.75 bits per heavy atom. The third kappa shape index (κ3) is 1.45. The van der Waals surface area contributed by atoms with Gasteiger partial charge in [0.05, 0.1) is 12.0 Å². The van der Waals surface area contributed by atoms with E-state index in [2.05, 4.69) is 0 Å². The Balaban J connectivity index is 2.26. The first-order chi connectivity index (χ1) is 7.61. The summed E-state index contributed by atoms with van der Waals surface area (Å²) in [5.74, 6) is -0.111. The first-order valence-electron chi connectivity index (χ1n) is 5.54. The van der Waals surface area contributed by atoms with Crippen molar-refractivity contribution in [1.29, 1.82) is 0 Å². The summed E-state index contributed by atoms with van der Waals surface area (Å²) in [5, 5.41) is 9.14. The van der Waals surface area contributed by atoms with Gasteiger partial charge in [-0.05, 0) is 12.2 Å². The van der Waals surface area contributed by atoms with E-state index >= 15 is 0 Å². The summed E-state index contributed by atoms with van der Waals surface area (Å²) in [7, 11) is 0. The summed E-state index contributed by atoms with van der Waals surface area (Å²) >= 11 is 1.54. The summed E-state index contributed by atoms with van der Waals surface area (Å²) < 4.78 is 0. The maximum absolute atomic E-state index is 11.8. The molecule has 0 aliphatic carbocycles. The molecular formula is C11H15NO3S. The predicted molar refractivity (Wildman–Crippen MR) is 61.8 cm³/mol. The molecular weight excluding hydrogens is 226 g/mol. The van der Waals surface area contributed by atoms with Crippen molar-refractivity contribution >= 4 is 23.6 Å². The molecule has 0 aromatic carbocycles. The highest BCUT2D eigenvalue weighted by atomic mass is 32.2. The number of amides is 1. The molecule has 0 spiro atoms. The summed E-state index contributed by atoms with van der Waals surface area (Å²) in [6, 6.07) is 0.109. The number of aliphatic carboxylic acids is 1. The molecule has 2 heterocycles. The molecule has 5 heteroatoms. The molecule has 88 valence electrons. The Bertz CT molecular complexity index is 377. The first-order valence-corrected chi connectivity index (χ1v) is 6.52. The smallest absolute Gasteiger partial charge is 0.353 e. The Hall–Kier alpha value is -0.970. The fraction of sp³-hybridized carbons (Fsp3) is 0.636. The number of carbonyl (C=O) groups excluding carboxylic acids is 1. The van der Waals surface area contributed by atoms with Crippen molar-refractivity contribution < 1.29 is 14.7 Å². The van der Waals surface area contributed by atoms with Crippen LogP contribution in [0.3, 0.4) is 0 Å². The second kappa shape index (κ2) is 4.13. The van der Waals surface area contributed by atoms with E-state index < -0.39 is 5.97 Å². The van der Waals surface area contributed by atoms with E-state index in [1.54, 1.807) is 11.8 Å². The van der Waals surface area contributed by atoms with E-state index in [9.17, 15) is 9.59 Å². The lowest BCUT2D eigenvalue weighted by molar-refractivity contribution is -0.155. The number of nitrogens with zero attached hydrogens (tertiary/aromatic N) is 1. The number of hydrogen-bond acceptors (Lipinski definition) is 3. The van der Waals surface area contributed by atoms with Crippen LogP contribution in [0.1, 0.15) is 26.7 Å². The van der Waals surface area contributed by atoms with Gasteiger partial charge in [-0.25, -0.2) is 4.79 Å². The highest BCUT2D eigenvalue weighted by Crippen LogP contribution is 2.46. The SMILES string of the molecule is CCSC1=C(C(=O)O)N2C(=O)C(CC)C2C1. The molecule has 1 fully saturated rings. The van der Waals surface area contributed by atoms with E-state index in [1.807, 2.05) is 13.8 Å². The van der Waals surface area contributed by atoms with E-state index in [1.165, 1.54) is 4.90 Å². The van der Waals surface area contributed by atoms with Gasteiger partial charge in [-0.1, -0.05) is 13.8 Å². The van der Waals surface area contributed by atoms with Crippen molar-refractivity contribution in [3.8, 4) is 0 Å². The molecule has 0 aromatic heterocycles. The van der Waals surface area contributed by atoms with Gasteiger partial charge in [0.1, 0.15) is 5.70 Å². The lowest BCUT2D eigenvalue weighted by Crippen LogP contribution is -2.58. The number of fused-ring (bicyclic) bond motifs is 1. The molecule has 1 amide bonds. The van der Waals surface area contributed by atoms with Gasteiger partial charge in [0.25, 0.3) is 0 Å². The largest absolute Gasteiger partial charge is 0.477 e. The maximum atomic E-state index is 11.8. The van der Waals surface area contributed by atoms with Crippen molar-refractivity contribution in [2.45, 2.75) is 32.7 Å². The van der Waals surface area contributed by atoms with E-state index in [4.69, 9.17) is 5.11 Å². The van der Waals surface area contributed by atoms with Crippen LogP contribution in [0.25, 0.3) is 0 Å². The van der Waals surface area contributed by atoms with E-state index in [0.717, 1.165) is 23.5 Å². The highest BCUT2D eigenvalue weighted by Gasteiger charge is 2.53. The van der Waals surface area contributed by atoms with Gasteiger partial charge in [0.2, 0.25) is 5.91 Å². The zero-order valence-electron chi connectivity index (χ0n) is 9.40. The fourth-order valence-corrected chi connectivity index (χ4v) is 3.46. The molecule has 0 radical (unpaired) electrons. The van der Waals surface area contributed by atoms with Gasteiger partial charge in [-0.15, -0.1) is 11.8 Å². The minimum absolute atomic E-state index is 0.0170. The Kier molecular flexibility index (Phi) is 2.97. The quantitative estimate of drug-likeness (QED) is 0.761. The van der Waals surface area contributed by atoms with Crippen LogP contribution in [0.5, 0.6) is 0 Å². The number of carbonyl (C=O) groups is 2. The van der Waals surface area contributed by atoms with Crippen LogP contribution in [-0.4, -0.2) is 33.7 Å². The Morgan fingerprint density at radius 1 is 1.56 bits per heavy atom. The fourth-order valence-electron chi connectivity index (χ4n) is 2.51. The zero-order chi connectivity index (χ0) is 11.9. The lowest BCUT2D eigenvalue weighted by atomic mass is 9.85. The number of rotatable bonds is 4. The summed E-state index contributed by atoms with van der Waals surface area (Å²) in [6.07, 6.45) is 1.53. The third-order valence-electron chi connectivity index (χ3n) is 3.21. The van der Waals surface area contributed by atoms with Gasteiger partial charge >= 0.3 is 5.97 Å². The van der Waals surface area contributed by atoms with Crippen LogP contribution >= 0.6 is 11.8 Å². The Morgan fingerprint density at radius 2 is 2.25 bits per heavy atom. The van der Waals surface area contributed by atoms with Gasteiger partial charge in [0.15, 0.2) is 0 Å². The molecule has 2 atom stereocenters. The van der Waals surface area contributed by atoms with E-state index in [0.29, 0.717) is 0 Å². The molecule has 4 nitrogen and oxygen atoms in total. The molecule has 2 aliphatic rings. The molecule has 2 unspecified atom stereocenters. The van der Waals surface area contributed by atoms with Crippen LogP contribution in [0.2, 0.25) is 0 Å². The standard InChI is InChI=1S/C11H15NO3S/c1-3-6-7-5-8(16-4-2)9(11(14)15)12(7)10(6)13/h6-7H,3-5H2,1-2H3,(H,14,15). The monoisotopic (exact) mass is 241 g/mol. The third-order valence-corrected chi connectivity index (χ3v) is 4.21. The minimum Gasteiger partial charge on any atom is -0.477 e. The van der Waals surface area contributed by atoms with Crippen molar-refractivity contribution in [1.82, 2.24) is 4.90 Å². The van der Waals surface area contributed by atoms with Crippen molar-refractivity contribution in [3.63, 3.8) is 0 Å². The van der Waals surface area contributed by atoms with Crippen LogP contribution < -0.4 is 0 Å². The molecule has 1 N–H and O–H groups in total. The highest BCUT2D eigenvalue weighted by molar-refractivity contribution is 8.03. The summed E-state index contributed by atoms with van der Waals surface area (Å²) in [5.41, 5.74) is 0.228. The molecule has 1 saturated heterocycles.